The van der Waals surface area contributed by atoms with Crippen LogP contribution < -0.4 is 0 Å². The van der Waals surface area contributed by atoms with Crippen LogP contribution in [0.1, 0.15) is 71.2 Å². The number of hydrogen-bond donors (Lipinski definition) is 2. The Morgan fingerprint density at radius 1 is 0.929 bits per heavy atom. The van der Waals surface area contributed by atoms with Crippen LogP contribution in [-0.4, -0.2) is 35.9 Å². The second-order valence-corrected chi connectivity index (χ2v) is 6.23. The van der Waals surface area contributed by atoms with Gasteiger partial charge in [-0.2, -0.15) is 0 Å². The van der Waals surface area contributed by atoms with Crippen LogP contribution in [0.15, 0.2) is 48.5 Å². The third-order valence-corrected chi connectivity index (χ3v) is 4.01. The summed E-state index contributed by atoms with van der Waals surface area (Å²) in [5.41, 5.74) is 2.59. The predicted molar refractivity (Wildman–Crippen MR) is 106 cm³/mol. The molecule has 0 bridgehead atoms. The molecule has 28 heavy (non-hydrogen) atoms. The lowest BCUT2D eigenvalue weighted by atomic mass is 10.1. The minimum atomic E-state index is -0.899. The highest BCUT2D eigenvalue weighted by molar-refractivity contribution is 5.89. The molecule has 152 valence electrons. The number of carboxylic acid groups (broad SMARTS) is 1. The highest BCUT2D eigenvalue weighted by Crippen LogP contribution is 2.17. The van der Waals surface area contributed by atoms with Gasteiger partial charge in [-0.05, 0) is 55.7 Å². The fourth-order valence-electron chi connectivity index (χ4n) is 2.30. The van der Waals surface area contributed by atoms with Crippen molar-refractivity contribution in [1.29, 1.82) is 0 Å². The van der Waals surface area contributed by atoms with Gasteiger partial charge < -0.3 is 19.7 Å². The molecular weight excluding hydrogens is 360 g/mol. The first kappa shape index (κ1) is 23.3. The number of methoxy groups -OCH3 is 1. The van der Waals surface area contributed by atoms with E-state index >= 15 is 0 Å². The van der Waals surface area contributed by atoms with Gasteiger partial charge in [-0.3, -0.25) is 0 Å². The highest BCUT2D eigenvalue weighted by atomic mass is 16.5. The summed E-state index contributed by atoms with van der Waals surface area (Å²) in [6.45, 7) is 6.42. The van der Waals surface area contributed by atoms with Gasteiger partial charge in [-0.25, -0.2) is 9.59 Å². The van der Waals surface area contributed by atoms with Crippen LogP contribution in [0.5, 0.6) is 0 Å². The first-order valence-electron chi connectivity index (χ1n) is 9.11. The van der Waals surface area contributed by atoms with E-state index in [1.165, 1.54) is 7.11 Å². The molecule has 2 atom stereocenters. The van der Waals surface area contributed by atoms with Gasteiger partial charge in [0.1, 0.15) is 0 Å². The molecule has 2 aromatic rings. The van der Waals surface area contributed by atoms with Crippen molar-refractivity contribution in [3.8, 4) is 0 Å². The standard InChI is InChI=1S/C12H16O3.C10H12O3/c1-3-8-15-9(2)10-4-6-11(7-5-10)12(13)14;1-7(11)8-3-5-9(6-4-8)10(12)13-2/h4-7,9H,3,8H2,1-2H3,(H,13,14);3-7,11H,1-2H3. The summed E-state index contributed by atoms with van der Waals surface area (Å²) in [4.78, 5) is 21.6. The molecule has 2 aromatic carbocycles. The Balaban J connectivity index is 0.000000283. The largest absolute Gasteiger partial charge is 0.478 e. The molecule has 0 fully saturated rings. The van der Waals surface area contributed by atoms with Crippen molar-refractivity contribution in [3.05, 3.63) is 70.8 Å². The highest BCUT2D eigenvalue weighted by Gasteiger charge is 2.07. The number of ether oxygens (including phenoxy) is 2. The second kappa shape index (κ2) is 11.9. The molecule has 2 unspecified atom stereocenters. The molecule has 0 aliphatic rings. The minimum Gasteiger partial charge on any atom is -0.478 e. The van der Waals surface area contributed by atoms with Crippen molar-refractivity contribution < 1.29 is 29.3 Å². The van der Waals surface area contributed by atoms with E-state index in [1.807, 2.05) is 6.92 Å². The molecule has 0 saturated carbocycles. The number of aromatic carboxylic acids is 1. The molecule has 0 spiro atoms. The van der Waals surface area contributed by atoms with Crippen LogP contribution in [-0.2, 0) is 9.47 Å². The number of aliphatic hydroxyl groups is 1. The summed E-state index contributed by atoms with van der Waals surface area (Å²) in [6.07, 6.45) is 0.497. The van der Waals surface area contributed by atoms with Crippen LogP contribution in [0.3, 0.4) is 0 Å². The van der Waals surface area contributed by atoms with Crippen LogP contribution in [0.25, 0.3) is 0 Å². The number of benzene rings is 2. The van der Waals surface area contributed by atoms with E-state index in [0.717, 1.165) is 24.2 Å². The van der Waals surface area contributed by atoms with Gasteiger partial charge in [0.25, 0.3) is 0 Å². The Morgan fingerprint density at radius 2 is 1.43 bits per heavy atom. The van der Waals surface area contributed by atoms with Crippen LogP contribution in [0.4, 0.5) is 0 Å². The molecule has 2 N–H and O–H groups in total. The fourth-order valence-corrected chi connectivity index (χ4v) is 2.30. The maximum atomic E-state index is 11.0. The van der Waals surface area contributed by atoms with Crippen molar-refractivity contribution in [2.45, 2.75) is 39.4 Å². The Morgan fingerprint density at radius 3 is 1.86 bits per heavy atom. The number of carboxylic acids is 1. The van der Waals surface area contributed by atoms with E-state index in [1.54, 1.807) is 55.5 Å². The number of hydrogen-bond acceptors (Lipinski definition) is 5. The van der Waals surface area contributed by atoms with E-state index in [4.69, 9.17) is 9.84 Å². The smallest absolute Gasteiger partial charge is 0.337 e. The molecule has 6 heteroatoms. The number of carbonyl (C=O) groups is 2. The van der Waals surface area contributed by atoms with Crippen LogP contribution in [0.2, 0.25) is 0 Å². The maximum absolute atomic E-state index is 11.0. The van der Waals surface area contributed by atoms with Crippen molar-refractivity contribution in [2.75, 3.05) is 13.7 Å². The van der Waals surface area contributed by atoms with Crippen LogP contribution >= 0.6 is 0 Å². The van der Waals surface area contributed by atoms with Crippen molar-refractivity contribution >= 4 is 11.9 Å². The molecule has 0 aliphatic heterocycles. The first-order valence-corrected chi connectivity index (χ1v) is 9.11. The number of aliphatic hydroxyl groups excluding tert-OH is 1. The van der Waals surface area contributed by atoms with Gasteiger partial charge >= 0.3 is 11.9 Å². The first-order chi connectivity index (χ1) is 13.3. The second-order valence-electron chi connectivity index (χ2n) is 6.23. The lowest BCUT2D eigenvalue weighted by molar-refractivity contribution is 0.0599. The molecule has 2 rings (SSSR count). The van der Waals surface area contributed by atoms with E-state index in [0.29, 0.717) is 11.1 Å². The lowest BCUT2D eigenvalue weighted by Gasteiger charge is -2.12. The molecule has 0 heterocycles. The fraction of sp³-hybridized carbons (Fsp3) is 0.364. The molecule has 0 amide bonds. The average Bonchev–Trinajstić information content (AvgIpc) is 2.72. The Labute approximate surface area is 165 Å². The quantitative estimate of drug-likeness (QED) is 0.683. The number of carbonyl (C=O) groups excluding carboxylic acids is 1. The van der Waals surface area contributed by atoms with Gasteiger partial charge in [-0.15, -0.1) is 0 Å². The van der Waals surface area contributed by atoms with Gasteiger partial charge in [0.15, 0.2) is 0 Å². The number of rotatable bonds is 7. The molecule has 0 saturated heterocycles. The normalized spacial score (nSPS) is 12.3. The summed E-state index contributed by atoms with van der Waals surface area (Å²) in [5, 5.41) is 17.9. The Kier molecular flexibility index (Phi) is 9.92. The molecule has 0 radical (unpaired) electrons. The summed E-state index contributed by atoms with van der Waals surface area (Å²) in [7, 11) is 1.34. The monoisotopic (exact) mass is 388 g/mol. The van der Waals surface area contributed by atoms with Crippen molar-refractivity contribution in [2.24, 2.45) is 0 Å². The van der Waals surface area contributed by atoms with Crippen LogP contribution in [0, 0.1) is 0 Å². The zero-order valence-corrected chi connectivity index (χ0v) is 16.7. The zero-order valence-electron chi connectivity index (χ0n) is 16.7. The lowest BCUT2D eigenvalue weighted by Crippen LogP contribution is -2.02. The van der Waals surface area contributed by atoms with E-state index in [-0.39, 0.29) is 12.1 Å². The minimum absolute atomic E-state index is 0.0211. The zero-order chi connectivity index (χ0) is 21.1. The summed E-state index contributed by atoms with van der Waals surface area (Å²) in [5.74, 6) is -1.26. The van der Waals surface area contributed by atoms with E-state index in [2.05, 4.69) is 11.7 Å². The summed E-state index contributed by atoms with van der Waals surface area (Å²) >= 11 is 0. The molecular formula is C22H28O6. The van der Waals surface area contributed by atoms with Gasteiger partial charge in [0.05, 0.1) is 30.4 Å². The summed E-state index contributed by atoms with van der Waals surface area (Å²) in [6, 6.07) is 13.5. The van der Waals surface area contributed by atoms with E-state index < -0.39 is 12.1 Å². The van der Waals surface area contributed by atoms with Crippen molar-refractivity contribution in [1.82, 2.24) is 0 Å². The third kappa shape index (κ3) is 7.50. The van der Waals surface area contributed by atoms with E-state index in [9.17, 15) is 14.7 Å². The third-order valence-electron chi connectivity index (χ3n) is 4.01. The summed E-state index contributed by atoms with van der Waals surface area (Å²) < 4.78 is 10.1. The number of esters is 1. The van der Waals surface area contributed by atoms with Gasteiger partial charge in [0.2, 0.25) is 0 Å². The van der Waals surface area contributed by atoms with Gasteiger partial charge in [0, 0.05) is 6.61 Å². The molecule has 0 aromatic heterocycles. The average molecular weight is 388 g/mol. The van der Waals surface area contributed by atoms with Crippen molar-refractivity contribution in [3.63, 3.8) is 0 Å². The predicted octanol–water partition coefficient (Wildman–Crippen LogP) is 4.40. The topological polar surface area (TPSA) is 93.1 Å². The Hall–Kier alpha value is -2.70. The SMILES string of the molecule is CCCOC(C)c1ccc(C(=O)O)cc1.COC(=O)c1ccc(C(C)O)cc1. The molecule has 0 aliphatic carbocycles. The van der Waals surface area contributed by atoms with Gasteiger partial charge in [-0.1, -0.05) is 31.2 Å². The molecule has 6 nitrogen and oxygen atoms in total. The Bertz CT molecular complexity index is 735. The maximum Gasteiger partial charge on any atom is 0.337 e.